The number of pyridine rings is 1. The molecule has 1 aliphatic rings. The minimum absolute atomic E-state index is 0. The fourth-order valence-corrected chi connectivity index (χ4v) is 3.46. The molecule has 3 rings (SSSR count). The lowest BCUT2D eigenvalue weighted by Crippen LogP contribution is -2.37. The van der Waals surface area contributed by atoms with Crippen LogP contribution in [0.3, 0.4) is 0 Å². The van der Waals surface area contributed by atoms with Crippen molar-refractivity contribution < 1.29 is 9.47 Å². The Balaban J connectivity index is 0.00000363. The molecule has 0 aliphatic carbocycles. The molecule has 1 aromatic carbocycles. The topological polar surface area (TPSA) is 71.0 Å². The third-order valence-corrected chi connectivity index (χ3v) is 5.32. The maximum absolute atomic E-state index is 5.84. The molecule has 2 aromatic rings. The molecular formula is C24H36IN5O2. The lowest BCUT2D eigenvalue weighted by Gasteiger charge is -2.27. The summed E-state index contributed by atoms with van der Waals surface area (Å²) in [6.07, 6.45) is 3.89. The number of nitrogens with one attached hydrogen (secondary N) is 2. The minimum Gasteiger partial charge on any atom is -0.477 e. The predicted octanol–water partition coefficient (Wildman–Crippen LogP) is 3.58. The van der Waals surface area contributed by atoms with Crippen LogP contribution in [-0.4, -0.2) is 55.8 Å². The number of nitrogens with zero attached hydrogens (tertiary/aromatic N) is 3. The van der Waals surface area contributed by atoms with Gasteiger partial charge in [-0.1, -0.05) is 43.7 Å². The van der Waals surface area contributed by atoms with E-state index in [0.717, 1.165) is 57.2 Å². The molecular weight excluding hydrogens is 517 g/mol. The zero-order valence-electron chi connectivity index (χ0n) is 19.2. The second-order valence-electron chi connectivity index (χ2n) is 7.61. The van der Waals surface area contributed by atoms with Gasteiger partial charge in [-0.05, 0) is 23.6 Å². The highest BCUT2D eigenvalue weighted by Gasteiger charge is 2.13. The molecule has 7 nitrogen and oxygen atoms in total. The van der Waals surface area contributed by atoms with E-state index in [4.69, 9.17) is 9.47 Å². The highest BCUT2D eigenvalue weighted by atomic mass is 127. The SMILES string of the molecule is CCCCOc1ncccc1CNC(=NC)NCc1ccccc1CN1CCOCC1.I. The summed E-state index contributed by atoms with van der Waals surface area (Å²) in [6, 6.07) is 12.5. The molecule has 0 bridgehead atoms. The van der Waals surface area contributed by atoms with Crippen molar-refractivity contribution >= 4 is 29.9 Å². The number of hydrogen-bond donors (Lipinski definition) is 2. The molecule has 0 spiro atoms. The molecule has 0 radical (unpaired) electrons. The van der Waals surface area contributed by atoms with Crippen molar-refractivity contribution in [2.45, 2.75) is 39.4 Å². The van der Waals surface area contributed by atoms with Crippen LogP contribution in [0.5, 0.6) is 5.88 Å². The van der Waals surface area contributed by atoms with E-state index < -0.39 is 0 Å². The Hall–Kier alpha value is -1.91. The summed E-state index contributed by atoms with van der Waals surface area (Å²) in [5.74, 6) is 1.44. The largest absolute Gasteiger partial charge is 0.477 e. The first kappa shape index (κ1) is 26.3. The predicted molar refractivity (Wildman–Crippen MR) is 140 cm³/mol. The molecule has 2 N–H and O–H groups in total. The number of rotatable bonds is 10. The molecule has 8 heteroatoms. The van der Waals surface area contributed by atoms with Crippen LogP contribution in [0.4, 0.5) is 0 Å². The first-order valence-electron chi connectivity index (χ1n) is 11.2. The number of hydrogen-bond acceptors (Lipinski definition) is 5. The molecule has 0 unspecified atom stereocenters. The van der Waals surface area contributed by atoms with Gasteiger partial charge in [-0.3, -0.25) is 9.89 Å². The number of ether oxygens (including phenoxy) is 2. The third-order valence-electron chi connectivity index (χ3n) is 5.32. The maximum Gasteiger partial charge on any atom is 0.218 e. The number of aromatic nitrogens is 1. The molecule has 0 saturated carbocycles. The van der Waals surface area contributed by atoms with Crippen LogP contribution in [0.15, 0.2) is 47.6 Å². The minimum atomic E-state index is 0. The van der Waals surface area contributed by atoms with Crippen LogP contribution in [0, 0.1) is 0 Å². The number of aliphatic imine (C=N–C) groups is 1. The Bertz CT molecular complexity index is 828. The lowest BCUT2D eigenvalue weighted by molar-refractivity contribution is 0.0341. The first-order valence-corrected chi connectivity index (χ1v) is 11.2. The number of unbranched alkanes of at least 4 members (excludes halogenated alkanes) is 1. The van der Waals surface area contributed by atoms with Gasteiger partial charge in [0, 0.05) is 51.5 Å². The summed E-state index contributed by atoms with van der Waals surface area (Å²) in [6.45, 7) is 8.70. The van der Waals surface area contributed by atoms with Gasteiger partial charge in [-0.15, -0.1) is 24.0 Å². The Morgan fingerprint density at radius 1 is 1.06 bits per heavy atom. The summed E-state index contributed by atoms with van der Waals surface area (Å²) in [4.78, 5) is 11.2. The van der Waals surface area contributed by atoms with Crippen LogP contribution in [0.25, 0.3) is 0 Å². The number of benzene rings is 1. The van der Waals surface area contributed by atoms with Crippen LogP contribution < -0.4 is 15.4 Å². The van der Waals surface area contributed by atoms with E-state index in [1.165, 1.54) is 11.1 Å². The van der Waals surface area contributed by atoms with Crippen LogP contribution >= 0.6 is 24.0 Å². The van der Waals surface area contributed by atoms with Crippen LogP contribution in [-0.2, 0) is 24.4 Å². The fourth-order valence-electron chi connectivity index (χ4n) is 3.46. The van der Waals surface area contributed by atoms with Crippen molar-refractivity contribution in [2.75, 3.05) is 40.0 Å². The van der Waals surface area contributed by atoms with Crippen molar-refractivity contribution in [1.29, 1.82) is 0 Å². The van der Waals surface area contributed by atoms with Gasteiger partial charge < -0.3 is 20.1 Å². The molecule has 1 aliphatic heterocycles. The van der Waals surface area contributed by atoms with E-state index >= 15 is 0 Å². The average Bonchev–Trinajstić information content (AvgIpc) is 2.82. The Kier molecular flexibility index (Phi) is 12.4. The van der Waals surface area contributed by atoms with Gasteiger partial charge in [0.15, 0.2) is 5.96 Å². The molecule has 1 aromatic heterocycles. The zero-order chi connectivity index (χ0) is 21.7. The smallest absolute Gasteiger partial charge is 0.218 e. The molecule has 176 valence electrons. The van der Waals surface area contributed by atoms with Crippen molar-refractivity contribution in [1.82, 2.24) is 20.5 Å². The van der Waals surface area contributed by atoms with Gasteiger partial charge in [0.25, 0.3) is 0 Å². The highest BCUT2D eigenvalue weighted by molar-refractivity contribution is 14.0. The molecule has 32 heavy (non-hydrogen) atoms. The van der Waals surface area contributed by atoms with E-state index in [0.29, 0.717) is 25.6 Å². The van der Waals surface area contributed by atoms with E-state index in [9.17, 15) is 0 Å². The van der Waals surface area contributed by atoms with Crippen molar-refractivity contribution in [2.24, 2.45) is 4.99 Å². The summed E-state index contributed by atoms with van der Waals surface area (Å²) < 4.78 is 11.3. The second-order valence-corrected chi connectivity index (χ2v) is 7.61. The highest BCUT2D eigenvalue weighted by Crippen LogP contribution is 2.15. The molecule has 0 amide bonds. The van der Waals surface area contributed by atoms with E-state index in [1.54, 1.807) is 13.2 Å². The standard InChI is InChI=1S/C24H35N5O2.HI/c1-3-4-14-31-23-21(10-7-11-26-23)18-28-24(25-2)27-17-20-8-5-6-9-22(20)19-29-12-15-30-16-13-29;/h5-11H,3-4,12-19H2,1-2H3,(H2,25,27,28);1H. The number of morpholine rings is 1. The van der Waals surface area contributed by atoms with Gasteiger partial charge in [-0.2, -0.15) is 0 Å². The number of halogens is 1. The van der Waals surface area contributed by atoms with Crippen molar-refractivity contribution in [3.8, 4) is 5.88 Å². The molecule has 2 heterocycles. The van der Waals surface area contributed by atoms with Gasteiger partial charge in [0.2, 0.25) is 5.88 Å². The maximum atomic E-state index is 5.84. The van der Waals surface area contributed by atoms with E-state index in [2.05, 4.69) is 56.7 Å². The Morgan fingerprint density at radius 2 is 1.75 bits per heavy atom. The Morgan fingerprint density at radius 3 is 2.47 bits per heavy atom. The second kappa shape index (κ2) is 15.0. The number of guanidine groups is 1. The van der Waals surface area contributed by atoms with E-state index in [1.807, 2.05) is 12.1 Å². The van der Waals surface area contributed by atoms with Gasteiger partial charge in [-0.25, -0.2) is 4.98 Å². The quantitative estimate of drug-likeness (QED) is 0.203. The summed E-state index contributed by atoms with van der Waals surface area (Å²) in [5.41, 5.74) is 3.64. The lowest BCUT2D eigenvalue weighted by atomic mass is 10.1. The summed E-state index contributed by atoms with van der Waals surface area (Å²) in [5, 5.41) is 6.82. The van der Waals surface area contributed by atoms with E-state index in [-0.39, 0.29) is 24.0 Å². The van der Waals surface area contributed by atoms with Gasteiger partial charge in [0.1, 0.15) is 0 Å². The Labute approximate surface area is 209 Å². The monoisotopic (exact) mass is 553 g/mol. The average molecular weight is 553 g/mol. The van der Waals surface area contributed by atoms with Crippen LogP contribution in [0.1, 0.15) is 36.5 Å². The fraction of sp³-hybridized carbons (Fsp3) is 0.500. The van der Waals surface area contributed by atoms with Gasteiger partial charge in [0.05, 0.1) is 19.8 Å². The summed E-state index contributed by atoms with van der Waals surface area (Å²) >= 11 is 0. The normalized spacial score (nSPS) is 14.5. The van der Waals surface area contributed by atoms with Crippen LogP contribution in [0.2, 0.25) is 0 Å². The van der Waals surface area contributed by atoms with Crippen molar-refractivity contribution in [3.63, 3.8) is 0 Å². The first-order chi connectivity index (χ1) is 15.3. The van der Waals surface area contributed by atoms with Gasteiger partial charge >= 0.3 is 0 Å². The molecule has 1 saturated heterocycles. The third kappa shape index (κ3) is 8.55. The zero-order valence-corrected chi connectivity index (χ0v) is 21.5. The summed E-state index contributed by atoms with van der Waals surface area (Å²) in [7, 11) is 1.79. The molecule has 1 fully saturated rings. The van der Waals surface area contributed by atoms with Crippen molar-refractivity contribution in [3.05, 3.63) is 59.3 Å². The molecule has 0 atom stereocenters.